The van der Waals surface area contributed by atoms with Gasteiger partial charge in [-0.2, -0.15) is 0 Å². The number of amides is 1. The van der Waals surface area contributed by atoms with Crippen LogP contribution in [0.3, 0.4) is 0 Å². The molecule has 1 unspecified atom stereocenters. The number of carbonyl (C=O) groups is 1. The fourth-order valence-corrected chi connectivity index (χ4v) is 1.90. The fraction of sp³-hybridized carbons (Fsp3) is 0.929. The van der Waals surface area contributed by atoms with Crippen LogP contribution < -0.4 is 5.32 Å². The van der Waals surface area contributed by atoms with Crippen molar-refractivity contribution in [2.75, 3.05) is 26.2 Å². The van der Waals surface area contributed by atoms with Gasteiger partial charge in [-0.1, -0.05) is 13.8 Å². The van der Waals surface area contributed by atoms with Gasteiger partial charge in [0.1, 0.15) is 5.60 Å². The third-order valence-electron chi connectivity index (χ3n) is 3.14. The number of carbonyl (C=O) groups excluding carboxylic acids is 1. The van der Waals surface area contributed by atoms with Gasteiger partial charge in [-0.05, 0) is 27.2 Å². The van der Waals surface area contributed by atoms with Crippen LogP contribution in [-0.2, 0) is 4.74 Å². The van der Waals surface area contributed by atoms with E-state index in [-0.39, 0.29) is 18.1 Å². The zero-order valence-electron chi connectivity index (χ0n) is 12.8. The first-order chi connectivity index (χ1) is 8.63. The van der Waals surface area contributed by atoms with E-state index in [1.807, 2.05) is 34.6 Å². The van der Waals surface area contributed by atoms with Gasteiger partial charge in [-0.15, -0.1) is 0 Å². The molecule has 112 valence electrons. The maximum Gasteiger partial charge on any atom is 0.410 e. The Morgan fingerprint density at radius 1 is 1.37 bits per heavy atom. The molecule has 1 aliphatic heterocycles. The molecule has 1 fully saturated rings. The molecule has 0 aromatic heterocycles. The number of aliphatic hydroxyl groups excluding tert-OH is 1. The van der Waals surface area contributed by atoms with E-state index < -0.39 is 5.60 Å². The molecule has 1 atom stereocenters. The highest BCUT2D eigenvalue weighted by atomic mass is 16.6. The van der Waals surface area contributed by atoms with Crippen LogP contribution in [-0.4, -0.2) is 54.0 Å². The third-order valence-corrected chi connectivity index (χ3v) is 3.14. The van der Waals surface area contributed by atoms with Crippen molar-refractivity contribution >= 4 is 6.09 Å². The molecule has 0 aliphatic carbocycles. The van der Waals surface area contributed by atoms with Crippen LogP contribution >= 0.6 is 0 Å². The molecule has 1 heterocycles. The van der Waals surface area contributed by atoms with Crippen molar-refractivity contribution in [2.45, 2.75) is 52.7 Å². The van der Waals surface area contributed by atoms with Crippen molar-refractivity contribution in [1.29, 1.82) is 0 Å². The second kappa shape index (κ2) is 6.09. The number of ether oxygens (including phenoxy) is 1. The minimum Gasteiger partial charge on any atom is -0.444 e. The quantitative estimate of drug-likeness (QED) is 0.816. The highest BCUT2D eigenvalue weighted by Gasteiger charge is 2.30. The Hall–Kier alpha value is -0.810. The number of nitrogens with one attached hydrogen (secondary N) is 1. The van der Waals surface area contributed by atoms with Crippen molar-refractivity contribution in [3.8, 4) is 0 Å². The van der Waals surface area contributed by atoms with Crippen LogP contribution in [0.4, 0.5) is 4.79 Å². The summed E-state index contributed by atoms with van der Waals surface area (Å²) in [6.07, 6.45) is 0.694. The van der Waals surface area contributed by atoms with Crippen LogP contribution in [0.5, 0.6) is 0 Å². The Kier molecular flexibility index (Phi) is 5.21. The lowest BCUT2D eigenvalue weighted by atomic mass is 9.94. The van der Waals surface area contributed by atoms with E-state index in [0.717, 1.165) is 19.5 Å². The van der Waals surface area contributed by atoms with Gasteiger partial charge in [-0.3, -0.25) is 0 Å². The molecule has 0 bridgehead atoms. The Morgan fingerprint density at radius 3 is 2.53 bits per heavy atom. The first-order valence-electron chi connectivity index (χ1n) is 6.95. The minimum absolute atomic E-state index is 0.126. The van der Waals surface area contributed by atoms with Gasteiger partial charge in [-0.25, -0.2) is 4.79 Å². The first kappa shape index (κ1) is 16.2. The summed E-state index contributed by atoms with van der Waals surface area (Å²) in [5.41, 5.74) is -0.569. The number of nitrogens with zero attached hydrogens (tertiary/aromatic N) is 1. The van der Waals surface area contributed by atoms with Crippen LogP contribution in [0.25, 0.3) is 0 Å². The normalized spacial score (nSPS) is 20.7. The predicted molar refractivity (Wildman–Crippen MR) is 75.1 cm³/mol. The van der Waals surface area contributed by atoms with Crippen LogP contribution in [0.15, 0.2) is 0 Å². The Balaban J connectivity index is 2.36. The van der Waals surface area contributed by atoms with Crippen LogP contribution in [0.2, 0.25) is 0 Å². The second-order valence-corrected chi connectivity index (χ2v) is 7.12. The highest BCUT2D eigenvalue weighted by molar-refractivity contribution is 5.68. The van der Waals surface area contributed by atoms with Gasteiger partial charge < -0.3 is 20.1 Å². The Morgan fingerprint density at radius 2 is 2.00 bits per heavy atom. The van der Waals surface area contributed by atoms with Crippen molar-refractivity contribution in [2.24, 2.45) is 5.41 Å². The van der Waals surface area contributed by atoms with E-state index in [1.54, 1.807) is 4.90 Å². The summed E-state index contributed by atoms with van der Waals surface area (Å²) < 4.78 is 5.36. The van der Waals surface area contributed by atoms with E-state index in [1.165, 1.54) is 0 Å². The van der Waals surface area contributed by atoms with E-state index in [9.17, 15) is 9.90 Å². The summed E-state index contributed by atoms with van der Waals surface area (Å²) in [5.74, 6) is 0. The molecule has 5 nitrogen and oxygen atoms in total. The molecular weight excluding hydrogens is 244 g/mol. The molecular formula is C14H28N2O3. The SMILES string of the molecule is CC(C)(CO)CNC1CCN(C(=O)OC(C)(C)C)C1. The average Bonchev–Trinajstić information content (AvgIpc) is 2.73. The van der Waals surface area contributed by atoms with E-state index in [2.05, 4.69) is 5.32 Å². The standard InChI is InChI=1S/C14H28N2O3/c1-13(2,3)19-12(18)16-7-6-11(8-16)15-9-14(4,5)10-17/h11,15,17H,6-10H2,1-5H3. The predicted octanol–water partition coefficient (Wildman–Crippen LogP) is 1.60. The number of aliphatic hydroxyl groups is 1. The van der Waals surface area contributed by atoms with Crippen molar-refractivity contribution in [3.05, 3.63) is 0 Å². The highest BCUT2D eigenvalue weighted by Crippen LogP contribution is 2.17. The molecule has 1 amide bonds. The number of hydrogen-bond donors (Lipinski definition) is 2. The monoisotopic (exact) mass is 272 g/mol. The fourth-order valence-electron chi connectivity index (χ4n) is 1.90. The zero-order chi connectivity index (χ0) is 14.7. The van der Waals surface area contributed by atoms with Gasteiger partial charge in [0.25, 0.3) is 0 Å². The molecule has 1 rings (SSSR count). The topological polar surface area (TPSA) is 61.8 Å². The molecule has 1 saturated heterocycles. The lowest BCUT2D eigenvalue weighted by Gasteiger charge is -2.26. The first-order valence-corrected chi connectivity index (χ1v) is 6.95. The van der Waals surface area contributed by atoms with E-state index in [0.29, 0.717) is 12.6 Å². The van der Waals surface area contributed by atoms with Gasteiger partial charge >= 0.3 is 6.09 Å². The average molecular weight is 272 g/mol. The molecule has 5 heteroatoms. The lowest BCUT2D eigenvalue weighted by Crippen LogP contribution is -2.41. The van der Waals surface area contributed by atoms with Crippen molar-refractivity contribution < 1.29 is 14.6 Å². The van der Waals surface area contributed by atoms with Crippen LogP contribution in [0, 0.1) is 5.41 Å². The Labute approximate surface area is 116 Å². The van der Waals surface area contributed by atoms with Gasteiger partial charge in [0.05, 0.1) is 0 Å². The summed E-state index contributed by atoms with van der Waals surface area (Å²) in [5, 5.41) is 12.6. The molecule has 2 N–H and O–H groups in total. The van der Waals surface area contributed by atoms with Gasteiger partial charge in [0.15, 0.2) is 0 Å². The molecule has 0 saturated carbocycles. The van der Waals surface area contributed by atoms with E-state index in [4.69, 9.17) is 4.74 Å². The smallest absolute Gasteiger partial charge is 0.410 e. The minimum atomic E-state index is -0.443. The number of likely N-dealkylation sites (tertiary alicyclic amines) is 1. The zero-order valence-corrected chi connectivity index (χ0v) is 12.8. The largest absolute Gasteiger partial charge is 0.444 e. The molecule has 0 spiro atoms. The van der Waals surface area contributed by atoms with Gasteiger partial charge in [0, 0.05) is 37.7 Å². The van der Waals surface area contributed by atoms with Crippen molar-refractivity contribution in [1.82, 2.24) is 10.2 Å². The molecule has 19 heavy (non-hydrogen) atoms. The maximum atomic E-state index is 11.9. The molecule has 0 aromatic rings. The van der Waals surface area contributed by atoms with E-state index >= 15 is 0 Å². The summed E-state index contributed by atoms with van der Waals surface area (Å²) >= 11 is 0. The summed E-state index contributed by atoms with van der Waals surface area (Å²) in [6.45, 7) is 12.0. The summed E-state index contributed by atoms with van der Waals surface area (Å²) in [7, 11) is 0. The summed E-state index contributed by atoms with van der Waals surface area (Å²) in [4.78, 5) is 13.6. The van der Waals surface area contributed by atoms with Gasteiger partial charge in [0.2, 0.25) is 0 Å². The Bertz CT molecular complexity index is 310. The number of hydrogen-bond acceptors (Lipinski definition) is 4. The van der Waals surface area contributed by atoms with Crippen LogP contribution in [0.1, 0.15) is 41.0 Å². The number of rotatable bonds is 4. The molecule has 0 radical (unpaired) electrons. The third kappa shape index (κ3) is 5.78. The molecule has 1 aliphatic rings. The maximum absolute atomic E-state index is 11.9. The second-order valence-electron chi connectivity index (χ2n) is 7.12. The van der Waals surface area contributed by atoms with Crippen molar-refractivity contribution in [3.63, 3.8) is 0 Å². The summed E-state index contributed by atoms with van der Waals surface area (Å²) in [6, 6.07) is 0.290. The molecule has 0 aromatic carbocycles. The lowest BCUT2D eigenvalue weighted by molar-refractivity contribution is 0.0290.